The molecule has 0 aromatic heterocycles. The first-order chi connectivity index (χ1) is 9.06. The van der Waals surface area contributed by atoms with Crippen LogP contribution in [0.1, 0.15) is 43.0 Å². The van der Waals surface area contributed by atoms with E-state index in [0.717, 1.165) is 25.0 Å². The van der Waals surface area contributed by atoms with Crippen molar-refractivity contribution in [3.63, 3.8) is 0 Å². The van der Waals surface area contributed by atoms with Crippen molar-refractivity contribution in [1.29, 1.82) is 0 Å². The molecule has 0 heterocycles. The summed E-state index contributed by atoms with van der Waals surface area (Å²) >= 11 is 6.02. The van der Waals surface area contributed by atoms with Crippen molar-refractivity contribution in [3.05, 3.63) is 28.8 Å². The summed E-state index contributed by atoms with van der Waals surface area (Å²) in [6.07, 6.45) is 4.38. The van der Waals surface area contributed by atoms with Crippen LogP contribution in [0.5, 0.6) is 0 Å². The zero-order valence-electron chi connectivity index (χ0n) is 10.8. The van der Waals surface area contributed by atoms with Crippen LogP contribution in [0.25, 0.3) is 0 Å². The van der Waals surface area contributed by atoms with Crippen molar-refractivity contribution in [3.8, 4) is 0 Å². The summed E-state index contributed by atoms with van der Waals surface area (Å²) in [6, 6.07) is 4.55. The van der Waals surface area contributed by atoms with E-state index in [1.54, 1.807) is 6.07 Å². The highest BCUT2D eigenvalue weighted by Crippen LogP contribution is 2.25. The van der Waals surface area contributed by atoms with E-state index in [0.29, 0.717) is 16.6 Å². The fourth-order valence-electron chi connectivity index (χ4n) is 2.25. The Morgan fingerprint density at radius 2 is 2.32 bits per heavy atom. The highest BCUT2D eigenvalue weighted by atomic mass is 35.5. The zero-order chi connectivity index (χ0) is 13.8. The Labute approximate surface area is 117 Å². The van der Waals surface area contributed by atoms with E-state index in [9.17, 15) is 4.79 Å². The third kappa shape index (κ3) is 3.70. The van der Waals surface area contributed by atoms with Crippen LogP contribution in [0.4, 0.5) is 5.69 Å². The normalized spacial score (nSPS) is 21.4. The Hall–Kier alpha value is -1.55. The molecule has 102 valence electrons. The summed E-state index contributed by atoms with van der Waals surface area (Å²) in [5, 5.41) is 13.8. The van der Waals surface area contributed by atoms with Crippen molar-refractivity contribution < 1.29 is 9.90 Å². The zero-order valence-corrected chi connectivity index (χ0v) is 11.6. The van der Waals surface area contributed by atoms with Crippen LogP contribution in [0.3, 0.4) is 0 Å². The molecular formula is C14H17ClN2O2. The fourth-order valence-corrected chi connectivity index (χ4v) is 2.41. The number of carbonyl (C=O) groups is 1. The van der Waals surface area contributed by atoms with E-state index in [-0.39, 0.29) is 5.56 Å². The van der Waals surface area contributed by atoms with Crippen LogP contribution < -0.4 is 5.43 Å². The number of benzene rings is 1. The van der Waals surface area contributed by atoms with Gasteiger partial charge in [-0.05, 0) is 49.8 Å². The van der Waals surface area contributed by atoms with Crippen molar-refractivity contribution in [2.24, 2.45) is 11.0 Å². The summed E-state index contributed by atoms with van der Waals surface area (Å²) in [4.78, 5) is 10.9. The maximum absolute atomic E-state index is 10.9. The van der Waals surface area contributed by atoms with Gasteiger partial charge >= 0.3 is 5.97 Å². The summed E-state index contributed by atoms with van der Waals surface area (Å²) in [7, 11) is 0. The molecule has 0 bridgehead atoms. The third-order valence-corrected chi connectivity index (χ3v) is 3.62. The highest BCUT2D eigenvalue weighted by molar-refractivity contribution is 6.33. The van der Waals surface area contributed by atoms with Gasteiger partial charge in [0.05, 0.1) is 16.3 Å². The minimum atomic E-state index is -0.973. The second-order valence-electron chi connectivity index (χ2n) is 4.99. The van der Waals surface area contributed by atoms with Crippen LogP contribution in [0.15, 0.2) is 23.3 Å². The molecular weight excluding hydrogens is 264 g/mol. The van der Waals surface area contributed by atoms with Gasteiger partial charge in [0, 0.05) is 5.71 Å². The number of carboxylic acid groups (broad SMARTS) is 1. The lowest BCUT2D eigenvalue weighted by Crippen LogP contribution is -2.14. The first-order valence-electron chi connectivity index (χ1n) is 6.40. The molecule has 19 heavy (non-hydrogen) atoms. The molecule has 0 saturated heterocycles. The maximum atomic E-state index is 10.9. The van der Waals surface area contributed by atoms with E-state index < -0.39 is 5.97 Å². The fraction of sp³-hybridized carbons (Fsp3) is 0.429. The van der Waals surface area contributed by atoms with Crippen molar-refractivity contribution in [2.75, 3.05) is 5.43 Å². The van der Waals surface area contributed by atoms with E-state index in [2.05, 4.69) is 17.5 Å². The largest absolute Gasteiger partial charge is 0.478 e. The number of hydrogen-bond acceptors (Lipinski definition) is 3. The molecule has 4 nitrogen and oxygen atoms in total. The standard InChI is InChI=1S/C14H17ClN2O2/c1-9-3-2-4-11(7-9)16-17-13-8-10(14(18)19)5-6-12(13)15/h5-6,8-9,17H,2-4,7H2,1H3,(H,18,19)/b16-11-/t9-/m0/s1. The topological polar surface area (TPSA) is 61.7 Å². The van der Waals surface area contributed by atoms with Gasteiger partial charge < -0.3 is 5.11 Å². The number of nitrogens with one attached hydrogen (secondary N) is 1. The molecule has 1 aromatic carbocycles. The predicted molar refractivity (Wildman–Crippen MR) is 77.1 cm³/mol. The van der Waals surface area contributed by atoms with Gasteiger partial charge in [-0.2, -0.15) is 5.10 Å². The molecule has 0 spiro atoms. The molecule has 1 aliphatic rings. The van der Waals surface area contributed by atoms with E-state index in [1.165, 1.54) is 18.6 Å². The lowest BCUT2D eigenvalue weighted by atomic mass is 9.89. The van der Waals surface area contributed by atoms with Gasteiger partial charge in [0.2, 0.25) is 0 Å². The second kappa shape index (κ2) is 6.06. The molecule has 1 aliphatic carbocycles. The molecule has 1 saturated carbocycles. The minimum absolute atomic E-state index is 0.198. The number of hydrazone groups is 1. The monoisotopic (exact) mass is 280 g/mol. The summed E-state index contributed by atoms with van der Waals surface area (Å²) in [5.41, 5.74) is 4.74. The Morgan fingerprint density at radius 1 is 1.53 bits per heavy atom. The smallest absolute Gasteiger partial charge is 0.335 e. The van der Waals surface area contributed by atoms with Crippen LogP contribution >= 0.6 is 11.6 Å². The number of hydrogen-bond donors (Lipinski definition) is 2. The number of carboxylic acids is 1. The first kappa shape index (κ1) is 13.9. The van der Waals surface area contributed by atoms with Crippen molar-refractivity contribution >= 4 is 29.0 Å². The van der Waals surface area contributed by atoms with Crippen LogP contribution in [0.2, 0.25) is 5.02 Å². The quantitative estimate of drug-likeness (QED) is 0.822. The number of anilines is 1. The minimum Gasteiger partial charge on any atom is -0.478 e. The van der Waals surface area contributed by atoms with Gasteiger partial charge in [0.1, 0.15) is 0 Å². The third-order valence-electron chi connectivity index (χ3n) is 3.29. The van der Waals surface area contributed by atoms with Gasteiger partial charge in [-0.3, -0.25) is 5.43 Å². The number of aromatic carboxylic acids is 1. The molecule has 0 amide bonds. The predicted octanol–water partition coefficient (Wildman–Crippen LogP) is 4.02. The van der Waals surface area contributed by atoms with Gasteiger partial charge in [0.15, 0.2) is 0 Å². The van der Waals surface area contributed by atoms with Gasteiger partial charge in [-0.25, -0.2) is 4.79 Å². The number of nitrogens with zero attached hydrogens (tertiary/aromatic N) is 1. The van der Waals surface area contributed by atoms with Crippen LogP contribution in [0, 0.1) is 5.92 Å². The lowest BCUT2D eigenvalue weighted by molar-refractivity contribution is 0.0697. The molecule has 1 fully saturated rings. The number of halogens is 1. The van der Waals surface area contributed by atoms with Gasteiger partial charge in [-0.15, -0.1) is 0 Å². The Kier molecular flexibility index (Phi) is 4.43. The van der Waals surface area contributed by atoms with Gasteiger partial charge in [-0.1, -0.05) is 18.5 Å². The molecule has 2 N–H and O–H groups in total. The van der Waals surface area contributed by atoms with E-state index >= 15 is 0 Å². The average molecular weight is 281 g/mol. The molecule has 0 radical (unpaired) electrons. The molecule has 2 rings (SSSR count). The summed E-state index contributed by atoms with van der Waals surface area (Å²) < 4.78 is 0. The van der Waals surface area contributed by atoms with Crippen LogP contribution in [-0.2, 0) is 0 Å². The van der Waals surface area contributed by atoms with Crippen LogP contribution in [-0.4, -0.2) is 16.8 Å². The second-order valence-corrected chi connectivity index (χ2v) is 5.40. The molecule has 0 aliphatic heterocycles. The van der Waals surface area contributed by atoms with E-state index in [1.807, 2.05) is 0 Å². The Bertz CT molecular complexity index is 514. The summed E-state index contributed by atoms with van der Waals surface area (Å²) in [5.74, 6) is -0.311. The summed E-state index contributed by atoms with van der Waals surface area (Å²) in [6.45, 7) is 2.21. The maximum Gasteiger partial charge on any atom is 0.335 e. The highest BCUT2D eigenvalue weighted by Gasteiger charge is 2.14. The Morgan fingerprint density at radius 3 is 3.00 bits per heavy atom. The molecule has 5 heteroatoms. The van der Waals surface area contributed by atoms with Crippen molar-refractivity contribution in [1.82, 2.24) is 0 Å². The van der Waals surface area contributed by atoms with Crippen molar-refractivity contribution in [2.45, 2.75) is 32.6 Å². The first-order valence-corrected chi connectivity index (χ1v) is 6.78. The van der Waals surface area contributed by atoms with E-state index in [4.69, 9.17) is 16.7 Å². The molecule has 0 unspecified atom stereocenters. The SMILES string of the molecule is C[C@H]1CCC/C(=N/Nc2cc(C(=O)O)ccc2Cl)C1. The number of rotatable bonds is 3. The van der Waals surface area contributed by atoms with Gasteiger partial charge in [0.25, 0.3) is 0 Å². The molecule has 1 atom stereocenters. The lowest BCUT2D eigenvalue weighted by Gasteiger charge is -2.19. The molecule has 1 aromatic rings. The Balaban J connectivity index is 2.12. The average Bonchev–Trinajstić information content (AvgIpc) is 2.37.